The van der Waals surface area contributed by atoms with Crippen molar-refractivity contribution in [3.05, 3.63) is 0 Å². The Morgan fingerprint density at radius 3 is 2.65 bits per heavy atom. The molecule has 2 aliphatic rings. The number of carbonyl (C=O) groups is 1. The van der Waals surface area contributed by atoms with E-state index in [1.807, 2.05) is 6.92 Å². The summed E-state index contributed by atoms with van der Waals surface area (Å²) in [5, 5.41) is 3.04. The molecule has 20 heavy (non-hydrogen) atoms. The van der Waals surface area contributed by atoms with Crippen molar-refractivity contribution < 1.29 is 9.53 Å². The molecule has 1 saturated heterocycles. The van der Waals surface area contributed by atoms with Crippen LogP contribution >= 0.6 is 0 Å². The molecule has 2 rings (SSSR count). The zero-order valence-electron chi connectivity index (χ0n) is 13.2. The first-order valence-electron chi connectivity index (χ1n) is 8.24. The first kappa shape index (κ1) is 15.6. The molecular weight excluding hydrogens is 252 g/mol. The van der Waals surface area contributed by atoms with Gasteiger partial charge in [0.15, 0.2) is 0 Å². The quantitative estimate of drug-likeness (QED) is 0.843. The van der Waals surface area contributed by atoms with Crippen molar-refractivity contribution in [2.24, 2.45) is 17.8 Å². The Hall–Kier alpha value is -0.770. The average molecular weight is 282 g/mol. The number of amides is 1. The fraction of sp³-hybridized carbons (Fsp3) is 0.938. The molecular formula is C16H30N2O2. The number of carbonyl (C=O) groups excluding carboxylic acids is 1. The number of ether oxygens (including phenoxy) is 1. The highest BCUT2D eigenvalue weighted by Crippen LogP contribution is 2.30. The average Bonchev–Trinajstić information content (AvgIpc) is 2.34. The van der Waals surface area contributed by atoms with Gasteiger partial charge in [-0.25, -0.2) is 4.79 Å². The van der Waals surface area contributed by atoms with Crippen molar-refractivity contribution in [2.45, 2.75) is 52.5 Å². The Morgan fingerprint density at radius 2 is 2.10 bits per heavy atom. The van der Waals surface area contributed by atoms with Gasteiger partial charge in [0.2, 0.25) is 0 Å². The monoisotopic (exact) mass is 282 g/mol. The van der Waals surface area contributed by atoms with Crippen LogP contribution in [0.3, 0.4) is 0 Å². The van der Waals surface area contributed by atoms with Crippen LogP contribution in [0.5, 0.6) is 0 Å². The Labute approximate surface area is 123 Å². The van der Waals surface area contributed by atoms with E-state index in [-0.39, 0.29) is 12.1 Å². The summed E-state index contributed by atoms with van der Waals surface area (Å²) in [7, 11) is 0. The number of hydrogen-bond donors (Lipinski definition) is 1. The van der Waals surface area contributed by atoms with Crippen LogP contribution in [0.2, 0.25) is 0 Å². The largest absolute Gasteiger partial charge is 0.450 e. The Balaban J connectivity index is 1.87. The first-order valence-corrected chi connectivity index (χ1v) is 8.24. The second-order valence-electron chi connectivity index (χ2n) is 6.82. The molecule has 4 nitrogen and oxygen atoms in total. The fourth-order valence-electron chi connectivity index (χ4n) is 3.35. The first-order chi connectivity index (χ1) is 9.58. The number of likely N-dealkylation sites (tertiary alicyclic amines) is 1. The molecule has 0 aromatic carbocycles. The zero-order valence-corrected chi connectivity index (χ0v) is 13.2. The maximum absolute atomic E-state index is 11.6. The molecule has 0 spiro atoms. The highest BCUT2D eigenvalue weighted by molar-refractivity contribution is 5.67. The Bertz CT molecular complexity index is 316. The van der Waals surface area contributed by atoms with Crippen LogP contribution in [0.25, 0.3) is 0 Å². The number of nitrogens with one attached hydrogen (secondary N) is 1. The third-order valence-corrected chi connectivity index (χ3v) is 4.84. The van der Waals surface area contributed by atoms with Gasteiger partial charge in [0.05, 0.1) is 6.61 Å². The summed E-state index contributed by atoms with van der Waals surface area (Å²) in [5.41, 5.74) is 0. The van der Waals surface area contributed by atoms with Gasteiger partial charge in [0.25, 0.3) is 0 Å². The summed E-state index contributed by atoms with van der Waals surface area (Å²) in [6.45, 7) is 10.3. The maximum atomic E-state index is 11.6. The lowest BCUT2D eigenvalue weighted by Gasteiger charge is -2.42. The van der Waals surface area contributed by atoms with E-state index in [1.54, 1.807) is 0 Å². The highest BCUT2D eigenvalue weighted by Gasteiger charge is 2.32. The van der Waals surface area contributed by atoms with Crippen LogP contribution in [0, 0.1) is 17.8 Å². The molecule has 1 heterocycles. The van der Waals surface area contributed by atoms with Gasteiger partial charge in [-0.2, -0.15) is 0 Å². The van der Waals surface area contributed by atoms with Gasteiger partial charge in [-0.15, -0.1) is 0 Å². The van der Waals surface area contributed by atoms with Gasteiger partial charge >= 0.3 is 6.09 Å². The number of piperidine rings is 1. The number of rotatable bonds is 5. The third kappa shape index (κ3) is 4.37. The maximum Gasteiger partial charge on any atom is 0.407 e. The topological polar surface area (TPSA) is 41.6 Å². The molecule has 1 N–H and O–H groups in total. The van der Waals surface area contributed by atoms with Crippen LogP contribution in [0.4, 0.5) is 4.79 Å². The molecule has 4 heteroatoms. The van der Waals surface area contributed by atoms with Gasteiger partial charge in [-0.3, -0.25) is 0 Å². The van der Waals surface area contributed by atoms with Gasteiger partial charge in [0, 0.05) is 25.7 Å². The van der Waals surface area contributed by atoms with E-state index >= 15 is 0 Å². The van der Waals surface area contributed by atoms with Crippen LogP contribution in [0.1, 0.15) is 46.5 Å². The van der Waals surface area contributed by atoms with E-state index in [4.69, 9.17) is 4.74 Å². The molecule has 1 aliphatic heterocycles. The lowest BCUT2D eigenvalue weighted by molar-refractivity contribution is 0.0792. The van der Waals surface area contributed by atoms with E-state index < -0.39 is 0 Å². The van der Waals surface area contributed by atoms with Gasteiger partial charge in [-0.1, -0.05) is 20.3 Å². The van der Waals surface area contributed by atoms with Crippen LogP contribution in [-0.2, 0) is 4.74 Å². The van der Waals surface area contributed by atoms with Gasteiger partial charge in [0.1, 0.15) is 0 Å². The molecule has 2 atom stereocenters. The minimum atomic E-state index is -0.259. The normalized spacial score (nSPS) is 28.2. The van der Waals surface area contributed by atoms with E-state index in [2.05, 4.69) is 24.1 Å². The molecule has 1 aliphatic carbocycles. The highest BCUT2D eigenvalue weighted by atomic mass is 16.5. The van der Waals surface area contributed by atoms with E-state index in [0.29, 0.717) is 18.4 Å². The van der Waals surface area contributed by atoms with E-state index in [1.165, 1.54) is 32.4 Å². The van der Waals surface area contributed by atoms with Crippen LogP contribution in [0.15, 0.2) is 0 Å². The molecule has 0 radical (unpaired) electrons. The molecule has 0 bridgehead atoms. The van der Waals surface area contributed by atoms with E-state index in [9.17, 15) is 4.79 Å². The fourth-order valence-corrected chi connectivity index (χ4v) is 3.35. The second kappa shape index (κ2) is 7.30. The summed E-state index contributed by atoms with van der Waals surface area (Å²) >= 11 is 0. The number of alkyl carbamates (subject to hydrolysis) is 1. The summed E-state index contributed by atoms with van der Waals surface area (Å²) in [5.74, 6) is 2.24. The van der Waals surface area contributed by atoms with Crippen LogP contribution < -0.4 is 5.32 Å². The molecule has 116 valence electrons. The summed E-state index contributed by atoms with van der Waals surface area (Å²) in [6.07, 6.45) is 5.00. The van der Waals surface area contributed by atoms with Crippen molar-refractivity contribution in [3.63, 3.8) is 0 Å². The number of hydrogen-bond acceptors (Lipinski definition) is 3. The minimum absolute atomic E-state index is 0.246. The minimum Gasteiger partial charge on any atom is -0.450 e. The van der Waals surface area contributed by atoms with Crippen molar-refractivity contribution in [1.82, 2.24) is 10.2 Å². The van der Waals surface area contributed by atoms with Crippen molar-refractivity contribution >= 4 is 6.09 Å². The summed E-state index contributed by atoms with van der Waals surface area (Å²) in [4.78, 5) is 14.2. The molecule has 1 saturated carbocycles. The number of nitrogens with zero attached hydrogens (tertiary/aromatic N) is 1. The van der Waals surface area contributed by atoms with Crippen molar-refractivity contribution in [2.75, 3.05) is 26.2 Å². The molecule has 2 fully saturated rings. The molecule has 0 aromatic rings. The Morgan fingerprint density at radius 1 is 1.35 bits per heavy atom. The summed E-state index contributed by atoms with van der Waals surface area (Å²) < 4.78 is 5.02. The van der Waals surface area contributed by atoms with Gasteiger partial charge in [-0.05, 0) is 43.9 Å². The standard InChI is InChI=1S/C16H30N2O2/c1-4-20-16(19)17-15-8-14(12(2)3)10-18(11-15)9-13-6-5-7-13/h12-15H,4-11H2,1-3H3,(H,17,19). The van der Waals surface area contributed by atoms with Crippen molar-refractivity contribution in [1.29, 1.82) is 0 Å². The van der Waals surface area contributed by atoms with E-state index in [0.717, 1.165) is 18.9 Å². The SMILES string of the molecule is CCOC(=O)NC1CC(C(C)C)CN(CC2CCC2)C1. The lowest BCUT2D eigenvalue weighted by atomic mass is 9.82. The molecule has 1 amide bonds. The van der Waals surface area contributed by atoms with Gasteiger partial charge < -0.3 is 15.0 Å². The van der Waals surface area contributed by atoms with Crippen molar-refractivity contribution in [3.8, 4) is 0 Å². The van der Waals surface area contributed by atoms with Crippen LogP contribution in [-0.4, -0.2) is 43.3 Å². The lowest BCUT2D eigenvalue weighted by Crippen LogP contribution is -2.53. The smallest absolute Gasteiger partial charge is 0.407 e. The zero-order chi connectivity index (χ0) is 14.5. The Kier molecular flexibility index (Phi) is 5.70. The molecule has 2 unspecified atom stereocenters. The second-order valence-corrected chi connectivity index (χ2v) is 6.82. The molecule has 0 aromatic heterocycles. The predicted molar refractivity (Wildman–Crippen MR) is 80.7 cm³/mol. The predicted octanol–water partition coefficient (Wildman–Crippen LogP) is 2.88. The third-order valence-electron chi connectivity index (χ3n) is 4.84. The summed E-state index contributed by atoms with van der Waals surface area (Å²) in [6, 6.07) is 0.246.